The molecule has 4 aromatic rings. The van der Waals surface area contributed by atoms with E-state index < -0.39 is 0 Å². The summed E-state index contributed by atoms with van der Waals surface area (Å²) in [5.41, 5.74) is 2.90. The molecule has 0 atom stereocenters. The molecule has 0 spiro atoms. The van der Waals surface area contributed by atoms with Crippen LogP contribution in [-0.4, -0.2) is 27.7 Å². The quantitative estimate of drug-likeness (QED) is 0.233. The molecule has 0 aliphatic carbocycles. The van der Waals surface area contributed by atoms with Crippen molar-refractivity contribution < 1.29 is 9.53 Å². The topological polar surface area (TPSA) is 61.2 Å². The summed E-state index contributed by atoms with van der Waals surface area (Å²) < 4.78 is 7.01. The monoisotopic (exact) mass is 430 g/mol. The van der Waals surface area contributed by atoms with Gasteiger partial charge in [-0.15, -0.1) is 0 Å². The standard InChI is InChI=1S/C25H22N2O3S/c1-3-30-20-14-10-18(11-15-20)23(28)16-31-25-26-22-7-5-4-6-21(22)24(29)27(25)19-12-8-17(2)9-13-19/h4-15H,3,16H2,1-2H3. The Hall–Kier alpha value is -3.38. The molecular weight excluding hydrogens is 408 g/mol. The molecule has 31 heavy (non-hydrogen) atoms. The second-order valence-electron chi connectivity index (χ2n) is 7.06. The van der Waals surface area contributed by atoms with E-state index in [0.717, 1.165) is 17.0 Å². The summed E-state index contributed by atoms with van der Waals surface area (Å²) in [6, 6.07) is 22.1. The van der Waals surface area contributed by atoms with Gasteiger partial charge in [-0.25, -0.2) is 4.98 Å². The summed E-state index contributed by atoms with van der Waals surface area (Å²) in [6.07, 6.45) is 0. The fraction of sp³-hybridized carbons (Fsp3) is 0.160. The first-order valence-corrected chi connectivity index (χ1v) is 11.0. The highest BCUT2D eigenvalue weighted by molar-refractivity contribution is 7.99. The lowest BCUT2D eigenvalue weighted by molar-refractivity contribution is 0.102. The maximum atomic E-state index is 13.3. The van der Waals surface area contributed by atoms with Gasteiger partial charge in [-0.05, 0) is 62.4 Å². The maximum absolute atomic E-state index is 13.3. The number of ketones is 1. The largest absolute Gasteiger partial charge is 0.494 e. The number of benzene rings is 3. The third-order valence-electron chi connectivity index (χ3n) is 4.86. The van der Waals surface area contributed by atoms with Gasteiger partial charge >= 0.3 is 0 Å². The van der Waals surface area contributed by atoms with Crippen LogP contribution in [-0.2, 0) is 0 Å². The van der Waals surface area contributed by atoms with Gasteiger partial charge < -0.3 is 4.74 Å². The smallest absolute Gasteiger partial charge is 0.266 e. The van der Waals surface area contributed by atoms with Crippen molar-refractivity contribution >= 4 is 28.4 Å². The second-order valence-corrected chi connectivity index (χ2v) is 8.00. The summed E-state index contributed by atoms with van der Waals surface area (Å²) in [6.45, 7) is 4.49. The third-order valence-corrected chi connectivity index (χ3v) is 5.80. The Bertz CT molecular complexity index is 1280. The minimum atomic E-state index is -0.148. The van der Waals surface area contributed by atoms with Crippen molar-refractivity contribution in [3.8, 4) is 11.4 Å². The maximum Gasteiger partial charge on any atom is 0.266 e. The number of aromatic nitrogens is 2. The van der Waals surface area contributed by atoms with Crippen molar-refractivity contribution in [3.63, 3.8) is 0 Å². The van der Waals surface area contributed by atoms with Gasteiger partial charge in [0.2, 0.25) is 0 Å². The number of rotatable bonds is 7. The molecule has 0 aliphatic heterocycles. The number of hydrogen-bond acceptors (Lipinski definition) is 5. The number of fused-ring (bicyclic) bond motifs is 1. The Morgan fingerprint density at radius 1 is 1.00 bits per heavy atom. The molecule has 0 unspecified atom stereocenters. The molecule has 0 bridgehead atoms. The van der Waals surface area contributed by atoms with Crippen LogP contribution in [0.25, 0.3) is 16.6 Å². The Labute approximate surface area is 184 Å². The summed E-state index contributed by atoms with van der Waals surface area (Å²) >= 11 is 1.26. The lowest BCUT2D eigenvalue weighted by Crippen LogP contribution is -2.22. The summed E-state index contributed by atoms with van der Waals surface area (Å²) in [5.74, 6) is 0.868. The van der Waals surface area contributed by atoms with Crippen LogP contribution in [0.4, 0.5) is 0 Å². The van der Waals surface area contributed by atoms with E-state index in [2.05, 4.69) is 0 Å². The molecule has 0 aliphatic rings. The van der Waals surface area contributed by atoms with Crippen LogP contribution in [0.15, 0.2) is 82.7 Å². The first kappa shape index (κ1) is 20.9. The zero-order chi connectivity index (χ0) is 21.8. The third kappa shape index (κ3) is 4.54. The molecule has 3 aromatic carbocycles. The molecule has 1 heterocycles. The average Bonchev–Trinajstić information content (AvgIpc) is 2.79. The average molecular weight is 431 g/mol. The van der Waals surface area contributed by atoms with Crippen LogP contribution < -0.4 is 10.3 Å². The van der Waals surface area contributed by atoms with Gasteiger partial charge in [0.05, 0.1) is 29.0 Å². The van der Waals surface area contributed by atoms with Gasteiger partial charge in [-0.3, -0.25) is 14.2 Å². The van der Waals surface area contributed by atoms with E-state index >= 15 is 0 Å². The summed E-state index contributed by atoms with van der Waals surface area (Å²) in [7, 11) is 0. The minimum Gasteiger partial charge on any atom is -0.494 e. The van der Waals surface area contributed by atoms with Crippen molar-refractivity contribution in [1.82, 2.24) is 9.55 Å². The molecule has 0 amide bonds. The van der Waals surface area contributed by atoms with Gasteiger partial charge in [0.25, 0.3) is 5.56 Å². The number of nitrogens with zero attached hydrogens (tertiary/aromatic N) is 2. The van der Waals surface area contributed by atoms with E-state index in [1.807, 2.05) is 56.3 Å². The first-order chi connectivity index (χ1) is 15.1. The van der Waals surface area contributed by atoms with Crippen molar-refractivity contribution in [3.05, 3.63) is 94.3 Å². The van der Waals surface area contributed by atoms with Gasteiger partial charge in [0, 0.05) is 5.56 Å². The molecule has 0 saturated carbocycles. The number of ether oxygens (including phenoxy) is 1. The van der Waals surface area contributed by atoms with Crippen LogP contribution in [0.1, 0.15) is 22.8 Å². The lowest BCUT2D eigenvalue weighted by atomic mass is 10.1. The highest BCUT2D eigenvalue weighted by Crippen LogP contribution is 2.23. The van der Waals surface area contributed by atoms with E-state index in [0.29, 0.717) is 28.2 Å². The van der Waals surface area contributed by atoms with E-state index in [1.54, 1.807) is 34.9 Å². The fourth-order valence-electron chi connectivity index (χ4n) is 3.25. The van der Waals surface area contributed by atoms with Crippen molar-refractivity contribution in [2.75, 3.05) is 12.4 Å². The van der Waals surface area contributed by atoms with Crippen LogP contribution in [0, 0.1) is 6.92 Å². The van der Waals surface area contributed by atoms with Gasteiger partial charge in [-0.1, -0.05) is 41.6 Å². The lowest BCUT2D eigenvalue weighted by Gasteiger charge is -2.13. The van der Waals surface area contributed by atoms with Crippen molar-refractivity contribution in [1.29, 1.82) is 0 Å². The fourth-order valence-corrected chi connectivity index (χ4v) is 4.16. The number of para-hydroxylation sites is 1. The summed E-state index contributed by atoms with van der Waals surface area (Å²) in [5, 5.41) is 1.04. The highest BCUT2D eigenvalue weighted by atomic mass is 32.2. The highest BCUT2D eigenvalue weighted by Gasteiger charge is 2.15. The van der Waals surface area contributed by atoms with Crippen LogP contribution in [0.2, 0.25) is 0 Å². The van der Waals surface area contributed by atoms with Gasteiger partial charge in [0.1, 0.15) is 5.75 Å². The molecule has 1 aromatic heterocycles. The Morgan fingerprint density at radius 2 is 1.71 bits per heavy atom. The van der Waals surface area contributed by atoms with Crippen LogP contribution in [0.5, 0.6) is 5.75 Å². The van der Waals surface area contributed by atoms with E-state index in [-0.39, 0.29) is 17.1 Å². The minimum absolute atomic E-state index is 0.0362. The Balaban J connectivity index is 1.67. The van der Waals surface area contributed by atoms with Crippen LogP contribution >= 0.6 is 11.8 Å². The zero-order valence-corrected chi connectivity index (χ0v) is 18.2. The molecule has 0 N–H and O–H groups in total. The zero-order valence-electron chi connectivity index (χ0n) is 17.4. The molecule has 5 nitrogen and oxygen atoms in total. The molecule has 156 valence electrons. The number of aryl methyl sites for hydroxylation is 1. The predicted octanol–water partition coefficient (Wildman–Crippen LogP) is 5.07. The second kappa shape index (κ2) is 9.18. The number of hydrogen-bond donors (Lipinski definition) is 0. The molecule has 4 rings (SSSR count). The summed E-state index contributed by atoms with van der Waals surface area (Å²) in [4.78, 5) is 30.7. The SMILES string of the molecule is CCOc1ccc(C(=O)CSc2nc3ccccc3c(=O)n2-c2ccc(C)cc2)cc1. The van der Waals surface area contributed by atoms with Gasteiger partial charge in [0.15, 0.2) is 10.9 Å². The van der Waals surface area contributed by atoms with Crippen molar-refractivity contribution in [2.45, 2.75) is 19.0 Å². The Kier molecular flexibility index (Phi) is 6.18. The van der Waals surface area contributed by atoms with E-state index in [1.165, 1.54) is 11.8 Å². The Morgan fingerprint density at radius 3 is 2.42 bits per heavy atom. The van der Waals surface area contributed by atoms with Gasteiger partial charge in [-0.2, -0.15) is 0 Å². The van der Waals surface area contributed by atoms with E-state index in [4.69, 9.17) is 9.72 Å². The first-order valence-electron chi connectivity index (χ1n) is 10.0. The molecule has 6 heteroatoms. The number of thioether (sulfide) groups is 1. The normalized spacial score (nSPS) is 10.9. The predicted molar refractivity (Wildman–Crippen MR) is 125 cm³/mol. The molecule has 0 saturated heterocycles. The number of carbonyl (C=O) groups is 1. The van der Waals surface area contributed by atoms with Crippen LogP contribution in [0.3, 0.4) is 0 Å². The van der Waals surface area contributed by atoms with Crippen molar-refractivity contribution in [2.24, 2.45) is 0 Å². The molecule has 0 radical (unpaired) electrons. The molecule has 0 fully saturated rings. The number of Topliss-reactive ketones (excluding diaryl/α,β-unsaturated/α-hetero) is 1. The molecular formula is C25H22N2O3S. The number of carbonyl (C=O) groups excluding carboxylic acids is 1. The van der Waals surface area contributed by atoms with E-state index in [9.17, 15) is 9.59 Å².